The van der Waals surface area contributed by atoms with Gasteiger partial charge in [0.05, 0.1) is 15.9 Å². The fourth-order valence-electron chi connectivity index (χ4n) is 2.82. The van der Waals surface area contributed by atoms with Crippen LogP contribution in [0.5, 0.6) is 0 Å². The fourth-order valence-corrected chi connectivity index (χ4v) is 4.05. The number of primary sulfonamides is 1. The van der Waals surface area contributed by atoms with Gasteiger partial charge >= 0.3 is 5.97 Å². The lowest BCUT2D eigenvalue weighted by molar-refractivity contribution is 0.0452. The van der Waals surface area contributed by atoms with Gasteiger partial charge in [0, 0.05) is 18.5 Å². The van der Waals surface area contributed by atoms with Crippen LogP contribution in [0, 0.1) is 0 Å². The Balaban J connectivity index is 1.82. The molecule has 11 heteroatoms. The van der Waals surface area contributed by atoms with E-state index < -0.39 is 16.0 Å². The Bertz CT molecular complexity index is 1170. The summed E-state index contributed by atoms with van der Waals surface area (Å²) in [4.78, 5) is 21.0. The summed E-state index contributed by atoms with van der Waals surface area (Å²) in [6, 6.07) is 4.54. The van der Waals surface area contributed by atoms with E-state index in [2.05, 4.69) is 28.8 Å². The van der Waals surface area contributed by atoms with E-state index in [1.807, 2.05) is 4.57 Å². The standard InChI is InChI=1S/C19H23N5O4S2/c1-3-5-9-24-16-7-6-13(30(20,26)27)10-14(16)22-17(24)11-28-18(25)15-12-29-19(23-15)21-8-4-2/h4,6-7,10,12H,2-3,5,8-9,11H2,1H3,(H,21,23)(H2,20,26,27). The number of hydrogen-bond acceptors (Lipinski definition) is 8. The number of aromatic nitrogens is 3. The number of rotatable bonds is 10. The molecule has 2 heterocycles. The number of thiazole rings is 1. The number of aryl methyl sites for hydroxylation is 1. The lowest BCUT2D eigenvalue weighted by Gasteiger charge is -2.09. The number of ether oxygens (including phenoxy) is 1. The maximum Gasteiger partial charge on any atom is 0.358 e. The second-order valence-electron chi connectivity index (χ2n) is 6.51. The minimum absolute atomic E-state index is 0.0132. The van der Waals surface area contributed by atoms with Crippen molar-refractivity contribution in [2.75, 3.05) is 11.9 Å². The lowest BCUT2D eigenvalue weighted by atomic mass is 10.3. The molecule has 0 saturated heterocycles. The molecule has 0 fully saturated rings. The molecule has 0 unspecified atom stereocenters. The van der Waals surface area contributed by atoms with Crippen molar-refractivity contribution in [3.63, 3.8) is 0 Å². The molecule has 9 nitrogen and oxygen atoms in total. The molecule has 0 saturated carbocycles. The highest BCUT2D eigenvalue weighted by Crippen LogP contribution is 2.22. The summed E-state index contributed by atoms with van der Waals surface area (Å²) in [5.41, 5.74) is 1.44. The molecule has 3 N–H and O–H groups in total. The van der Waals surface area contributed by atoms with Crippen molar-refractivity contribution in [3.05, 3.63) is 47.8 Å². The van der Waals surface area contributed by atoms with Gasteiger partial charge in [-0.3, -0.25) is 0 Å². The topological polar surface area (TPSA) is 129 Å². The summed E-state index contributed by atoms with van der Waals surface area (Å²) in [5.74, 6) is -0.0316. The van der Waals surface area contributed by atoms with Gasteiger partial charge in [-0.05, 0) is 24.6 Å². The number of sulfonamides is 1. The molecule has 0 aliphatic heterocycles. The highest BCUT2D eigenvalue weighted by atomic mass is 32.2. The van der Waals surface area contributed by atoms with Crippen LogP contribution in [0.25, 0.3) is 11.0 Å². The number of carbonyl (C=O) groups excluding carboxylic acids is 1. The Hall–Kier alpha value is -2.76. The van der Waals surface area contributed by atoms with Crippen molar-refractivity contribution in [1.29, 1.82) is 0 Å². The Morgan fingerprint density at radius 3 is 2.90 bits per heavy atom. The zero-order valence-electron chi connectivity index (χ0n) is 16.5. The van der Waals surface area contributed by atoms with Gasteiger partial charge in [-0.1, -0.05) is 19.4 Å². The number of nitrogens with zero attached hydrogens (tertiary/aromatic N) is 3. The van der Waals surface area contributed by atoms with Gasteiger partial charge in [0.25, 0.3) is 0 Å². The number of imidazole rings is 1. The highest BCUT2D eigenvalue weighted by molar-refractivity contribution is 7.89. The number of fused-ring (bicyclic) bond motifs is 1. The largest absolute Gasteiger partial charge is 0.453 e. The van der Waals surface area contributed by atoms with E-state index in [4.69, 9.17) is 9.88 Å². The number of hydrogen-bond donors (Lipinski definition) is 2. The van der Waals surface area contributed by atoms with E-state index in [9.17, 15) is 13.2 Å². The molecule has 0 bridgehead atoms. The molecular formula is C19H23N5O4S2. The SMILES string of the molecule is C=CCNc1nc(C(=O)OCc2nc3cc(S(N)(=O)=O)ccc3n2CCCC)cs1. The normalized spacial score (nSPS) is 11.5. The van der Waals surface area contributed by atoms with Gasteiger partial charge in [0.15, 0.2) is 10.8 Å². The molecule has 0 radical (unpaired) electrons. The predicted octanol–water partition coefficient (Wildman–Crippen LogP) is 2.90. The van der Waals surface area contributed by atoms with Crippen molar-refractivity contribution >= 4 is 43.5 Å². The number of benzene rings is 1. The summed E-state index contributed by atoms with van der Waals surface area (Å²) in [7, 11) is -3.83. The quantitative estimate of drug-likeness (QED) is 0.359. The first kappa shape index (κ1) is 21.9. The first-order valence-electron chi connectivity index (χ1n) is 9.33. The molecule has 1 aromatic carbocycles. The van der Waals surface area contributed by atoms with Crippen molar-refractivity contribution in [3.8, 4) is 0 Å². The highest BCUT2D eigenvalue weighted by Gasteiger charge is 2.17. The Kier molecular flexibility index (Phi) is 6.85. The molecule has 0 atom stereocenters. The van der Waals surface area contributed by atoms with Crippen molar-refractivity contribution in [1.82, 2.24) is 14.5 Å². The first-order chi connectivity index (χ1) is 14.3. The zero-order chi connectivity index (χ0) is 21.7. The Morgan fingerprint density at radius 2 is 2.20 bits per heavy atom. The molecule has 0 amide bonds. The third kappa shape index (κ3) is 5.04. The number of nitrogens with one attached hydrogen (secondary N) is 1. The molecule has 2 aromatic heterocycles. The summed E-state index contributed by atoms with van der Waals surface area (Å²) in [5, 5.41) is 10.5. The van der Waals surface area contributed by atoms with Crippen LogP contribution in [0.1, 0.15) is 36.1 Å². The van der Waals surface area contributed by atoms with E-state index in [1.54, 1.807) is 17.5 Å². The van der Waals surface area contributed by atoms with Gasteiger partial charge in [-0.15, -0.1) is 17.9 Å². The lowest BCUT2D eigenvalue weighted by Crippen LogP contribution is -2.12. The fraction of sp³-hybridized carbons (Fsp3) is 0.316. The van der Waals surface area contributed by atoms with Gasteiger partial charge in [-0.25, -0.2) is 28.3 Å². The van der Waals surface area contributed by atoms with Crippen LogP contribution in [-0.2, 0) is 27.9 Å². The second-order valence-corrected chi connectivity index (χ2v) is 8.93. The number of unbranched alkanes of at least 4 members (excludes halogenated alkanes) is 1. The third-order valence-electron chi connectivity index (χ3n) is 4.31. The summed E-state index contributed by atoms with van der Waals surface area (Å²) in [6.45, 7) is 6.84. The van der Waals surface area contributed by atoms with E-state index in [0.717, 1.165) is 18.4 Å². The third-order valence-corrected chi connectivity index (χ3v) is 6.02. The van der Waals surface area contributed by atoms with Crippen LogP contribution in [-0.4, -0.2) is 35.5 Å². The molecule has 3 aromatic rings. The zero-order valence-corrected chi connectivity index (χ0v) is 18.1. The minimum Gasteiger partial charge on any atom is -0.453 e. The molecule has 160 valence electrons. The summed E-state index contributed by atoms with van der Waals surface area (Å²) in [6.07, 6.45) is 3.56. The van der Waals surface area contributed by atoms with Crippen LogP contribution in [0.3, 0.4) is 0 Å². The van der Waals surface area contributed by atoms with E-state index in [1.165, 1.54) is 23.5 Å². The summed E-state index contributed by atoms with van der Waals surface area (Å²) >= 11 is 1.30. The van der Waals surface area contributed by atoms with Crippen LogP contribution in [0.15, 0.2) is 41.1 Å². The smallest absolute Gasteiger partial charge is 0.358 e. The maximum atomic E-state index is 12.4. The first-order valence-corrected chi connectivity index (χ1v) is 11.8. The molecular weight excluding hydrogens is 426 g/mol. The van der Waals surface area contributed by atoms with Crippen LogP contribution in [0.4, 0.5) is 5.13 Å². The summed E-state index contributed by atoms with van der Waals surface area (Å²) < 4.78 is 30.6. The van der Waals surface area contributed by atoms with E-state index in [-0.39, 0.29) is 17.2 Å². The molecule has 0 aliphatic carbocycles. The average molecular weight is 450 g/mol. The number of esters is 1. The van der Waals surface area contributed by atoms with Gasteiger partial charge in [0.1, 0.15) is 12.4 Å². The molecule has 30 heavy (non-hydrogen) atoms. The Labute approximate surface area is 178 Å². The van der Waals surface area contributed by atoms with Gasteiger partial charge in [0.2, 0.25) is 10.0 Å². The van der Waals surface area contributed by atoms with Crippen LogP contribution in [0.2, 0.25) is 0 Å². The van der Waals surface area contributed by atoms with Crippen molar-refractivity contribution < 1.29 is 17.9 Å². The van der Waals surface area contributed by atoms with Crippen molar-refractivity contribution in [2.24, 2.45) is 5.14 Å². The minimum atomic E-state index is -3.83. The van der Waals surface area contributed by atoms with Gasteiger partial charge in [-0.2, -0.15) is 0 Å². The maximum absolute atomic E-state index is 12.4. The molecule has 0 spiro atoms. The van der Waals surface area contributed by atoms with E-state index in [0.29, 0.717) is 29.6 Å². The molecule has 0 aliphatic rings. The average Bonchev–Trinajstić information content (AvgIpc) is 3.32. The van der Waals surface area contributed by atoms with Crippen LogP contribution >= 0.6 is 11.3 Å². The van der Waals surface area contributed by atoms with Crippen molar-refractivity contribution in [2.45, 2.75) is 37.8 Å². The predicted molar refractivity (Wildman–Crippen MR) is 116 cm³/mol. The monoisotopic (exact) mass is 449 g/mol. The van der Waals surface area contributed by atoms with Gasteiger partial charge < -0.3 is 14.6 Å². The number of nitrogens with two attached hydrogens (primary N) is 1. The van der Waals surface area contributed by atoms with Crippen LogP contribution < -0.4 is 10.5 Å². The van der Waals surface area contributed by atoms with E-state index >= 15 is 0 Å². The molecule has 3 rings (SSSR count). The number of anilines is 1. The Morgan fingerprint density at radius 1 is 1.40 bits per heavy atom. The number of carbonyl (C=O) groups is 1. The second kappa shape index (κ2) is 9.37.